The van der Waals surface area contributed by atoms with Crippen molar-refractivity contribution in [2.75, 3.05) is 20.0 Å². The molecular weight excluding hydrogens is 646 g/mol. The second-order valence-electron chi connectivity index (χ2n) is 10.9. The van der Waals surface area contributed by atoms with Crippen LogP contribution in [0.5, 0.6) is 11.5 Å². The fourth-order valence-corrected chi connectivity index (χ4v) is 6.14. The third kappa shape index (κ3) is 7.44. The van der Waals surface area contributed by atoms with E-state index in [1.807, 2.05) is 78.9 Å². The molecule has 1 N–H and O–H groups in total. The van der Waals surface area contributed by atoms with Crippen LogP contribution in [0.4, 0.5) is 5.69 Å². The van der Waals surface area contributed by atoms with Gasteiger partial charge in [-0.1, -0.05) is 42.1 Å². The molecule has 13 nitrogen and oxygen atoms in total. The Morgan fingerprint density at radius 1 is 0.898 bits per heavy atom. The number of nitro groups is 1. The second kappa shape index (κ2) is 14.8. The number of amides is 2. The number of non-ortho nitro benzene ring substituents is 1. The van der Waals surface area contributed by atoms with Gasteiger partial charge < -0.3 is 14.8 Å². The summed E-state index contributed by atoms with van der Waals surface area (Å²) in [6.45, 7) is 0.0212. The summed E-state index contributed by atoms with van der Waals surface area (Å²) in [6.07, 6.45) is 0.522. The summed E-state index contributed by atoms with van der Waals surface area (Å²) in [7, 11) is 3.22. The Morgan fingerprint density at radius 2 is 1.55 bits per heavy atom. The molecule has 5 aromatic rings. The van der Waals surface area contributed by atoms with E-state index in [-0.39, 0.29) is 35.5 Å². The van der Waals surface area contributed by atoms with Gasteiger partial charge in [-0.2, -0.15) is 5.10 Å². The van der Waals surface area contributed by atoms with Crippen molar-refractivity contribution in [2.45, 2.75) is 24.2 Å². The van der Waals surface area contributed by atoms with E-state index in [1.54, 1.807) is 18.8 Å². The van der Waals surface area contributed by atoms with Gasteiger partial charge in [0.1, 0.15) is 11.5 Å². The van der Waals surface area contributed by atoms with Gasteiger partial charge in [0.2, 0.25) is 0 Å². The summed E-state index contributed by atoms with van der Waals surface area (Å²) in [5.74, 6) is 1.26. The minimum absolute atomic E-state index is 0.0200. The number of ether oxygens (including phenoxy) is 2. The van der Waals surface area contributed by atoms with Crippen molar-refractivity contribution in [3.63, 3.8) is 0 Å². The molecule has 0 radical (unpaired) electrons. The molecule has 49 heavy (non-hydrogen) atoms. The first-order valence-electron chi connectivity index (χ1n) is 15.2. The Bertz CT molecular complexity index is 1980. The van der Waals surface area contributed by atoms with Crippen LogP contribution in [0.25, 0.3) is 5.69 Å². The van der Waals surface area contributed by atoms with Gasteiger partial charge >= 0.3 is 0 Å². The highest BCUT2D eigenvalue weighted by Gasteiger charge is 2.33. The zero-order chi connectivity index (χ0) is 34.3. The minimum atomic E-state index is -0.525. The third-order valence-corrected chi connectivity index (χ3v) is 8.79. The number of benzene rings is 4. The third-order valence-electron chi connectivity index (χ3n) is 7.88. The largest absolute Gasteiger partial charge is 0.497 e. The molecule has 0 spiro atoms. The average Bonchev–Trinajstić information content (AvgIpc) is 3.78. The number of methoxy groups -OCH3 is 2. The van der Waals surface area contributed by atoms with Crippen molar-refractivity contribution >= 4 is 35.0 Å². The van der Waals surface area contributed by atoms with Gasteiger partial charge in [-0.25, -0.2) is 5.01 Å². The zero-order valence-electron chi connectivity index (χ0n) is 26.6. The Labute approximate surface area is 285 Å². The number of thioether (sulfide) groups is 1. The highest BCUT2D eigenvalue weighted by molar-refractivity contribution is 7.99. The van der Waals surface area contributed by atoms with Crippen molar-refractivity contribution in [3.8, 4) is 17.2 Å². The van der Waals surface area contributed by atoms with E-state index in [1.165, 1.54) is 41.0 Å². The molecule has 14 heteroatoms. The van der Waals surface area contributed by atoms with Crippen LogP contribution in [0.1, 0.15) is 39.8 Å². The predicted octanol–water partition coefficient (Wildman–Crippen LogP) is 5.59. The molecule has 0 fully saturated rings. The molecule has 2 heterocycles. The van der Waals surface area contributed by atoms with E-state index in [9.17, 15) is 19.7 Å². The number of hydrazone groups is 1. The first-order valence-corrected chi connectivity index (χ1v) is 16.2. The normalized spacial score (nSPS) is 13.9. The quantitative estimate of drug-likeness (QED) is 0.101. The van der Waals surface area contributed by atoms with Crippen LogP contribution in [0, 0.1) is 10.1 Å². The highest BCUT2D eigenvalue weighted by Crippen LogP contribution is 2.35. The van der Waals surface area contributed by atoms with Gasteiger partial charge in [0.05, 0.1) is 43.2 Å². The maximum Gasteiger partial charge on any atom is 0.269 e. The van der Waals surface area contributed by atoms with Crippen LogP contribution < -0.4 is 14.8 Å². The van der Waals surface area contributed by atoms with Gasteiger partial charge in [0, 0.05) is 29.8 Å². The lowest BCUT2D eigenvalue weighted by Crippen LogP contribution is -2.28. The standard InChI is InChI=1S/C35H31N7O6S/c1-47-28-16-10-23(11-17-28)30-20-31(24-12-18-29(48-2)19-13-24)41(39-30)33(43)22-49-35-38-37-32(40(35)26-6-4-3-5-7-26)21-36-34(44)25-8-14-27(15-9-25)42(45)46/h3-19,31H,20-22H2,1-2H3,(H,36,44)/t31-/m0/s1. The predicted molar refractivity (Wildman–Crippen MR) is 183 cm³/mol. The molecule has 2 amide bonds. The molecule has 0 aliphatic carbocycles. The summed E-state index contributed by atoms with van der Waals surface area (Å²) >= 11 is 1.21. The van der Waals surface area contributed by atoms with Gasteiger partial charge in [0.15, 0.2) is 11.0 Å². The molecule has 1 aromatic heterocycles. The number of nitrogens with zero attached hydrogens (tertiary/aromatic N) is 6. The number of nitro benzene ring substituents is 1. The van der Waals surface area contributed by atoms with Gasteiger partial charge in [-0.05, 0) is 71.8 Å². The van der Waals surface area contributed by atoms with Crippen molar-refractivity contribution < 1.29 is 24.0 Å². The SMILES string of the molecule is COc1ccc(C2=NN(C(=O)CSc3nnc(CNC(=O)c4ccc([N+](=O)[O-])cc4)n3-c3ccccc3)[C@H](c3ccc(OC)cc3)C2)cc1. The molecule has 0 saturated heterocycles. The molecule has 1 aliphatic rings. The lowest BCUT2D eigenvalue weighted by atomic mass is 9.98. The maximum absolute atomic E-state index is 13.9. The van der Waals surface area contributed by atoms with E-state index in [0.29, 0.717) is 23.2 Å². The molecule has 1 atom stereocenters. The maximum atomic E-state index is 13.9. The van der Waals surface area contributed by atoms with Crippen LogP contribution >= 0.6 is 11.8 Å². The molecule has 6 rings (SSSR count). The molecule has 1 aliphatic heterocycles. The van der Waals surface area contributed by atoms with E-state index in [2.05, 4.69) is 15.5 Å². The Morgan fingerprint density at radius 3 is 2.18 bits per heavy atom. The van der Waals surface area contributed by atoms with Crippen LogP contribution in [-0.4, -0.2) is 62.2 Å². The average molecular weight is 678 g/mol. The topological polar surface area (TPSA) is 154 Å². The molecule has 0 saturated carbocycles. The van der Waals surface area contributed by atoms with Crippen molar-refractivity contribution in [2.24, 2.45) is 5.10 Å². The van der Waals surface area contributed by atoms with Crippen LogP contribution in [-0.2, 0) is 11.3 Å². The Hall–Kier alpha value is -6.02. The molecule has 0 unspecified atom stereocenters. The van der Waals surface area contributed by atoms with Crippen molar-refractivity contribution in [1.82, 2.24) is 25.1 Å². The van der Waals surface area contributed by atoms with Crippen LogP contribution in [0.2, 0.25) is 0 Å². The molecule has 248 valence electrons. The fraction of sp³-hybridized carbons (Fsp3) is 0.171. The van der Waals surface area contributed by atoms with Gasteiger partial charge in [-0.15, -0.1) is 10.2 Å². The van der Waals surface area contributed by atoms with E-state index in [4.69, 9.17) is 14.6 Å². The first kappa shape index (κ1) is 32.9. The van der Waals surface area contributed by atoms with Gasteiger partial charge in [0.25, 0.3) is 17.5 Å². The summed E-state index contributed by atoms with van der Waals surface area (Å²) in [5.41, 5.74) is 3.50. The summed E-state index contributed by atoms with van der Waals surface area (Å²) < 4.78 is 12.4. The van der Waals surface area contributed by atoms with Gasteiger partial charge in [-0.3, -0.25) is 24.3 Å². The molecule has 0 bridgehead atoms. The number of carbonyl (C=O) groups is 2. The number of hydrogen-bond donors (Lipinski definition) is 1. The molecular formula is C35H31N7O6S. The summed E-state index contributed by atoms with van der Waals surface area (Å²) in [5, 5.41) is 29.3. The van der Waals surface area contributed by atoms with Crippen molar-refractivity contribution in [3.05, 3.63) is 136 Å². The first-order chi connectivity index (χ1) is 23.8. The highest BCUT2D eigenvalue weighted by atomic mass is 32.2. The smallest absolute Gasteiger partial charge is 0.269 e. The minimum Gasteiger partial charge on any atom is -0.497 e. The van der Waals surface area contributed by atoms with E-state index in [0.717, 1.165) is 28.3 Å². The number of carbonyl (C=O) groups excluding carboxylic acids is 2. The fourth-order valence-electron chi connectivity index (χ4n) is 5.32. The zero-order valence-corrected chi connectivity index (χ0v) is 27.4. The Kier molecular flexibility index (Phi) is 9.95. The Balaban J connectivity index is 1.22. The van der Waals surface area contributed by atoms with Crippen LogP contribution in [0.3, 0.4) is 0 Å². The number of nitrogens with one attached hydrogen (secondary N) is 1. The van der Waals surface area contributed by atoms with E-state index < -0.39 is 10.8 Å². The summed E-state index contributed by atoms with van der Waals surface area (Å²) in [6, 6.07) is 29.6. The molecule has 4 aromatic carbocycles. The number of rotatable bonds is 12. The number of para-hydroxylation sites is 1. The number of aromatic nitrogens is 3. The van der Waals surface area contributed by atoms with E-state index >= 15 is 0 Å². The second-order valence-corrected chi connectivity index (χ2v) is 11.8. The van der Waals surface area contributed by atoms with Crippen molar-refractivity contribution in [1.29, 1.82) is 0 Å². The monoisotopic (exact) mass is 677 g/mol. The summed E-state index contributed by atoms with van der Waals surface area (Å²) in [4.78, 5) is 37.2. The van der Waals surface area contributed by atoms with Crippen LogP contribution in [0.15, 0.2) is 113 Å². The number of hydrogen-bond acceptors (Lipinski definition) is 10. The lowest BCUT2D eigenvalue weighted by Gasteiger charge is -2.22. The lowest BCUT2D eigenvalue weighted by molar-refractivity contribution is -0.384.